The molecule has 4 rings (SSSR count). The van der Waals surface area contributed by atoms with Gasteiger partial charge in [0.05, 0.1) is 24.7 Å². The number of benzene rings is 1. The lowest BCUT2D eigenvalue weighted by atomic mass is 9.85. The second kappa shape index (κ2) is 9.67. The first-order valence-electron chi connectivity index (χ1n) is 11.3. The van der Waals surface area contributed by atoms with Crippen LogP contribution in [0, 0.1) is 11.7 Å². The molecule has 0 atom stereocenters. The van der Waals surface area contributed by atoms with Crippen LogP contribution < -0.4 is 0 Å². The van der Waals surface area contributed by atoms with Gasteiger partial charge in [0.25, 0.3) is 0 Å². The molecule has 0 spiro atoms. The van der Waals surface area contributed by atoms with Gasteiger partial charge in [0, 0.05) is 35.8 Å². The number of aliphatic carboxylic acids is 1. The van der Waals surface area contributed by atoms with Crippen molar-refractivity contribution in [3.63, 3.8) is 0 Å². The smallest absolute Gasteiger partial charge is 0.435 e. The molecular weight excluding hydrogens is 492 g/mol. The van der Waals surface area contributed by atoms with Crippen LogP contribution in [-0.4, -0.2) is 56.3 Å². The first-order chi connectivity index (χ1) is 16.5. The fourth-order valence-corrected chi connectivity index (χ4v) is 5.06. The first-order valence-corrected chi connectivity index (χ1v) is 11.7. The summed E-state index contributed by atoms with van der Waals surface area (Å²) in [7, 11) is 1.63. The van der Waals surface area contributed by atoms with E-state index in [0.717, 1.165) is 10.7 Å². The number of alkyl halides is 3. The van der Waals surface area contributed by atoms with Crippen molar-refractivity contribution in [1.82, 2.24) is 19.6 Å². The van der Waals surface area contributed by atoms with E-state index in [0.29, 0.717) is 25.7 Å². The van der Waals surface area contributed by atoms with Crippen molar-refractivity contribution in [2.45, 2.75) is 57.4 Å². The Morgan fingerprint density at radius 3 is 2.51 bits per heavy atom. The molecular formula is C23H25ClF4N4O3. The molecule has 1 aliphatic heterocycles. The minimum Gasteiger partial charge on any atom is -0.481 e. The van der Waals surface area contributed by atoms with Crippen LogP contribution in [0.1, 0.15) is 48.2 Å². The molecule has 7 nitrogen and oxygen atoms in total. The van der Waals surface area contributed by atoms with Crippen LogP contribution in [0.3, 0.4) is 0 Å². The maximum absolute atomic E-state index is 14.3. The predicted molar refractivity (Wildman–Crippen MR) is 118 cm³/mol. The van der Waals surface area contributed by atoms with E-state index < -0.39 is 29.6 Å². The molecule has 190 valence electrons. The third-order valence-electron chi connectivity index (χ3n) is 6.91. The number of aromatic nitrogens is 2. The fourth-order valence-electron chi connectivity index (χ4n) is 4.90. The topological polar surface area (TPSA) is 78.7 Å². The van der Waals surface area contributed by atoms with Crippen molar-refractivity contribution in [1.29, 1.82) is 0 Å². The van der Waals surface area contributed by atoms with Gasteiger partial charge in [0.1, 0.15) is 5.82 Å². The monoisotopic (exact) mass is 516 g/mol. The van der Waals surface area contributed by atoms with Gasteiger partial charge in [-0.1, -0.05) is 17.7 Å². The van der Waals surface area contributed by atoms with Crippen LogP contribution in [0.15, 0.2) is 18.2 Å². The van der Waals surface area contributed by atoms with Crippen LogP contribution in [0.5, 0.6) is 0 Å². The Hall–Kier alpha value is -2.82. The molecule has 2 aliphatic rings. The van der Waals surface area contributed by atoms with Gasteiger partial charge in [0.2, 0.25) is 0 Å². The Bertz CT molecular complexity index is 1130. The average molecular weight is 517 g/mol. The van der Waals surface area contributed by atoms with Crippen LogP contribution in [0.4, 0.5) is 22.4 Å². The summed E-state index contributed by atoms with van der Waals surface area (Å²) in [4.78, 5) is 27.4. The SMILES string of the molecule is CN(C(=O)N1CCc2c(C(F)(F)F)nn(Cc3ccc(Cl)cc3F)c2C1)[C@H]1CC[C@H](C(=O)O)CC1. The van der Waals surface area contributed by atoms with Gasteiger partial charge >= 0.3 is 18.2 Å². The van der Waals surface area contributed by atoms with Crippen molar-refractivity contribution < 1.29 is 32.3 Å². The number of fused-ring (bicyclic) bond motifs is 1. The van der Waals surface area contributed by atoms with Gasteiger partial charge in [-0.25, -0.2) is 9.18 Å². The first kappa shape index (κ1) is 25.3. The van der Waals surface area contributed by atoms with E-state index in [1.165, 1.54) is 17.0 Å². The number of hydrogen-bond acceptors (Lipinski definition) is 3. The van der Waals surface area contributed by atoms with Crippen molar-refractivity contribution in [3.05, 3.63) is 51.6 Å². The van der Waals surface area contributed by atoms with E-state index in [9.17, 15) is 32.3 Å². The molecule has 1 fully saturated rings. The number of rotatable bonds is 4. The second-order valence-electron chi connectivity index (χ2n) is 9.07. The molecule has 35 heavy (non-hydrogen) atoms. The van der Waals surface area contributed by atoms with E-state index in [1.54, 1.807) is 11.9 Å². The molecule has 0 bridgehead atoms. The molecule has 1 aromatic carbocycles. The van der Waals surface area contributed by atoms with Crippen LogP contribution in [-0.2, 0) is 30.5 Å². The summed E-state index contributed by atoms with van der Waals surface area (Å²) in [6.07, 6.45) is -2.68. The second-order valence-corrected chi connectivity index (χ2v) is 9.51. The van der Waals surface area contributed by atoms with E-state index >= 15 is 0 Å². The van der Waals surface area contributed by atoms with Crippen molar-refractivity contribution in [3.8, 4) is 0 Å². The number of carboxylic acids is 1. The standard InChI is InChI=1S/C23H25ClF4N4O3/c1-30(16-6-3-13(4-7-16)21(33)34)22(35)31-9-8-17-19(12-31)32(29-20(17)23(26,27)28)11-14-2-5-15(24)10-18(14)25/h2,5,10,13,16H,3-4,6-9,11-12H2,1H3,(H,33,34)/t13-,16-. The van der Waals surface area contributed by atoms with Crippen molar-refractivity contribution in [2.24, 2.45) is 5.92 Å². The van der Waals surface area contributed by atoms with Gasteiger partial charge in [-0.05, 0) is 44.2 Å². The van der Waals surface area contributed by atoms with Gasteiger partial charge in [-0.2, -0.15) is 18.3 Å². The van der Waals surface area contributed by atoms with E-state index in [4.69, 9.17) is 11.6 Å². The number of carboxylic acid groups (broad SMARTS) is 1. The Morgan fingerprint density at radius 2 is 1.91 bits per heavy atom. The number of hydrogen-bond donors (Lipinski definition) is 1. The molecule has 2 amide bonds. The Morgan fingerprint density at radius 1 is 1.23 bits per heavy atom. The molecule has 2 heterocycles. The zero-order valence-corrected chi connectivity index (χ0v) is 19.7. The summed E-state index contributed by atoms with van der Waals surface area (Å²) in [6.45, 7) is -0.246. The Labute approximate surface area is 204 Å². The van der Waals surface area contributed by atoms with Gasteiger partial charge in [-0.15, -0.1) is 0 Å². The minimum absolute atomic E-state index is 0.0144. The number of halogens is 5. The molecule has 1 N–H and O–H groups in total. The molecule has 0 radical (unpaired) electrons. The van der Waals surface area contributed by atoms with Gasteiger partial charge in [0.15, 0.2) is 5.69 Å². The molecule has 1 aromatic heterocycles. The molecule has 0 unspecified atom stereocenters. The Balaban J connectivity index is 1.55. The summed E-state index contributed by atoms with van der Waals surface area (Å²) in [5.41, 5.74) is -0.659. The average Bonchev–Trinajstić information content (AvgIpc) is 3.18. The number of carbonyl (C=O) groups is 2. The number of carbonyl (C=O) groups excluding carboxylic acids is 1. The lowest BCUT2D eigenvalue weighted by Gasteiger charge is -2.38. The quantitative estimate of drug-likeness (QED) is 0.592. The molecule has 1 saturated carbocycles. The van der Waals surface area contributed by atoms with Crippen molar-refractivity contribution in [2.75, 3.05) is 13.6 Å². The Kier molecular flexibility index (Phi) is 6.99. The summed E-state index contributed by atoms with van der Waals surface area (Å²) in [5, 5.41) is 13.1. The maximum atomic E-state index is 14.3. The zero-order valence-electron chi connectivity index (χ0n) is 19.0. The predicted octanol–water partition coefficient (Wildman–Crippen LogP) is 4.80. The summed E-state index contributed by atoms with van der Waals surface area (Å²) in [5.74, 6) is -1.92. The van der Waals surface area contributed by atoms with Gasteiger partial charge in [-0.3, -0.25) is 9.48 Å². The molecule has 12 heteroatoms. The van der Waals surface area contributed by atoms with Crippen LogP contribution in [0.25, 0.3) is 0 Å². The normalized spacial score (nSPS) is 20.5. The highest BCUT2D eigenvalue weighted by atomic mass is 35.5. The van der Waals surface area contributed by atoms with Gasteiger partial charge < -0.3 is 14.9 Å². The zero-order chi connectivity index (χ0) is 25.5. The molecule has 2 aromatic rings. The summed E-state index contributed by atoms with van der Waals surface area (Å²) < 4.78 is 56.5. The third kappa shape index (κ3) is 5.24. The van der Waals surface area contributed by atoms with Crippen molar-refractivity contribution >= 4 is 23.6 Å². The van der Waals surface area contributed by atoms with E-state index in [-0.39, 0.29) is 60.0 Å². The highest BCUT2D eigenvalue weighted by Crippen LogP contribution is 2.36. The van der Waals surface area contributed by atoms with E-state index in [1.807, 2.05) is 0 Å². The largest absolute Gasteiger partial charge is 0.481 e. The summed E-state index contributed by atoms with van der Waals surface area (Å²) in [6, 6.07) is 3.45. The molecule has 0 saturated heterocycles. The third-order valence-corrected chi connectivity index (χ3v) is 7.14. The number of nitrogens with zero attached hydrogens (tertiary/aromatic N) is 4. The van der Waals surface area contributed by atoms with E-state index in [2.05, 4.69) is 5.10 Å². The van der Waals surface area contributed by atoms with Crippen LogP contribution in [0.2, 0.25) is 5.02 Å². The maximum Gasteiger partial charge on any atom is 0.435 e. The fraction of sp³-hybridized carbons (Fsp3) is 0.522. The number of amides is 2. The number of urea groups is 1. The summed E-state index contributed by atoms with van der Waals surface area (Å²) >= 11 is 5.78. The lowest BCUT2D eigenvalue weighted by Crippen LogP contribution is -2.49. The minimum atomic E-state index is -4.68. The lowest BCUT2D eigenvalue weighted by molar-refractivity contribution is -0.143. The molecule has 1 aliphatic carbocycles. The highest BCUT2D eigenvalue weighted by Gasteiger charge is 2.41. The van der Waals surface area contributed by atoms with Crippen LogP contribution >= 0.6 is 11.6 Å². The highest BCUT2D eigenvalue weighted by molar-refractivity contribution is 6.30.